The SMILES string of the molecule is O=C(NC12CC3CC(CC(C3)C1)C2)c1cnn2c1N[C@@H](c1ccccc1)C[C@H]2CO. The van der Waals surface area contributed by atoms with E-state index in [4.69, 9.17) is 0 Å². The van der Waals surface area contributed by atoms with E-state index in [1.807, 2.05) is 18.2 Å². The molecule has 1 aliphatic heterocycles. The predicted molar refractivity (Wildman–Crippen MR) is 114 cm³/mol. The van der Waals surface area contributed by atoms with Gasteiger partial charge in [-0.1, -0.05) is 30.3 Å². The molecule has 3 N–H and O–H groups in total. The average molecular weight is 407 g/mol. The number of aliphatic hydroxyl groups excluding tert-OH is 1. The Balaban J connectivity index is 1.28. The van der Waals surface area contributed by atoms with Crippen LogP contribution in [0.15, 0.2) is 36.5 Å². The summed E-state index contributed by atoms with van der Waals surface area (Å²) < 4.78 is 1.80. The number of amides is 1. The standard InChI is InChI=1S/C24H30N4O2/c29-14-19-9-21(18-4-2-1-3-5-18)26-22-20(13-25-28(19)22)23(30)27-24-10-15-6-16(11-24)8-17(7-15)12-24/h1-5,13,15-17,19,21,26,29H,6-12,14H2,(H,27,30)/t15?,16?,17?,19-,21+,24?/m0/s1. The molecule has 30 heavy (non-hydrogen) atoms. The second kappa shape index (κ2) is 6.84. The molecule has 4 bridgehead atoms. The minimum absolute atomic E-state index is 0.00965. The fourth-order valence-corrected chi connectivity index (χ4v) is 7.17. The highest BCUT2D eigenvalue weighted by molar-refractivity contribution is 5.99. The van der Waals surface area contributed by atoms with Crippen molar-refractivity contribution in [2.45, 2.75) is 62.6 Å². The van der Waals surface area contributed by atoms with Crippen molar-refractivity contribution in [2.75, 3.05) is 11.9 Å². The Labute approximate surface area is 177 Å². The quantitative estimate of drug-likeness (QED) is 0.724. The van der Waals surface area contributed by atoms with Crippen molar-refractivity contribution in [3.8, 4) is 0 Å². The summed E-state index contributed by atoms with van der Waals surface area (Å²) in [6.45, 7) is 0.00965. The fraction of sp³-hybridized carbons (Fsp3) is 0.583. The maximum Gasteiger partial charge on any atom is 0.257 e. The number of hydrogen-bond donors (Lipinski definition) is 3. The summed E-state index contributed by atoms with van der Waals surface area (Å²) in [4.78, 5) is 13.4. The van der Waals surface area contributed by atoms with E-state index >= 15 is 0 Å². The first-order valence-corrected chi connectivity index (χ1v) is 11.4. The molecule has 2 atom stereocenters. The van der Waals surface area contributed by atoms with Gasteiger partial charge in [-0.3, -0.25) is 4.79 Å². The van der Waals surface area contributed by atoms with Gasteiger partial charge in [-0.05, 0) is 68.3 Å². The smallest absolute Gasteiger partial charge is 0.257 e. The molecule has 0 saturated heterocycles. The van der Waals surface area contributed by atoms with E-state index in [1.54, 1.807) is 10.9 Å². The zero-order chi connectivity index (χ0) is 20.3. The lowest BCUT2D eigenvalue weighted by Crippen LogP contribution is -2.59. The fourth-order valence-electron chi connectivity index (χ4n) is 7.17. The lowest BCUT2D eigenvalue weighted by molar-refractivity contribution is -0.0166. The molecular weight excluding hydrogens is 376 g/mol. The van der Waals surface area contributed by atoms with Gasteiger partial charge in [0.05, 0.1) is 24.9 Å². The highest BCUT2D eigenvalue weighted by Gasteiger charge is 2.51. The number of nitrogens with one attached hydrogen (secondary N) is 2. The van der Waals surface area contributed by atoms with Crippen molar-refractivity contribution in [1.29, 1.82) is 0 Å². The summed E-state index contributed by atoms with van der Waals surface area (Å²) in [5, 5.41) is 21.5. The summed E-state index contributed by atoms with van der Waals surface area (Å²) in [6, 6.07) is 10.2. The molecule has 1 amide bonds. The van der Waals surface area contributed by atoms with Gasteiger partial charge < -0.3 is 15.7 Å². The maximum atomic E-state index is 13.4. The number of anilines is 1. The molecule has 7 rings (SSSR count). The molecule has 158 valence electrons. The topological polar surface area (TPSA) is 79.2 Å². The molecule has 4 aliphatic carbocycles. The lowest BCUT2D eigenvalue weighted by atomic mass is 9.53. The molecule has 4 saturated carbocycles. The summed E-state index contributed by atoms with van der Waals surface area (Å²) in [5.41, 5.74) is 1.74. The van der Waals surface area contributed by atoms with Crippen LogP contribution in [0.25, 0.3) is 0 Å². The Bertz CT molecular complexity index is 918. The molecule has 1 aromatic carbocycles. The normalized spacial score (nSPS) is 36.2. The van der Waals surface area contributed by atoms with Gasteiger partial charge >= 0.3 is 0 Å². The lowest BCUT2D eigenvalue weighted by Gasteiger charge is -2.56. The summed E-state index contributed by atoms with van der Waals surface area (Å²) in [7, 11) is 0. The molecule has 5 aliphatic rings. The van der Waals surface area contributed by atoms with Crippen LogP contribution >= 0.6 is 0 Å². The van der Waals surface area contributed by atoms with E-state index in [2.05, 4.69) is 27.9 Å². The van der Waals surface area contributed by atoms with Crippen molar-refractivity contribution in [3.05, 3.63) is 47.7 Å². The van der Waals surface area contributed by atoms with Gasteiger partial charge in [0.2, 0.25) is 0 Å². The zero-order valence-corrected chi connectivity index (χ0v) is 17.3. The number of benzene rings is 1. The van der Waals surface area contributed by atoms with Crippen molar-refractivity contribution in [3.63, 3.8) is 0 Å². The van der Waals surface area contributed by atoms with E-state index in [0.717, 1.165) is 54.8 Å². The van der Waals surface area contributed by atoms with Crippen LogP contribution in [-0.2, 0) is 0 Å². The van der Waals surface area contributed by atoms with Crippen molar-refractivity contribution in [2.24, 2.45) is 17.8 Å². The Morgan fingerprint density at radius 3 is 2.40 bits per heavy atom. The van der Waals surface area contributed by atoms with Crippen LogP contribution in [0.4, 0.5) is 5.82 Å². The van der Waals surface area contributed by atoms with Gasteiger partial charge in [0.15, 0.2) is 0 Å². The first-order chi connectivity index (χ1) is 14.6. The van der Waals surface area contributed by atoms with Crippen LogP contribution in [0.2, 0.25) is 0 Å². The van der Waals surface area contributed by atoms with E-state index < -0.39 is 0 Å². The van der Waals surface area contributed by atoms with E-state index in [0.29, 0.717) is 5.56 Å². The minimum atomic E-state index is -0.132. The van der Waals surface area contributed by atoms with Crippen molar-refractivity contribution in [1.82, 2.24) is 15.1 Å². The first kappa shape index (κ1) is 18.4. The second-order valence-corrected chi connectivity index (χ2v) is 10.2. The van der Waals surface area contributed by atoms with Crippen molar-refractivity contribution >= 4 is 11.7 Å². The van der Waals surface area contributed by atoms with E-state index in [1.165, 1.54) is 19.3 Å². The zero-order valence-electron chi connectivity index (χ0n) is 17.3. The minimum Gasteiger partial charge on any atom is -0.394 e. The summed E-state index contributed by atoms with van der Waals surface area (Å²) in [5.74, 6) is 3.08. The molecule has 4 fully saturated rings. The van der Waals surface area contributed by atoms with Gasteiger partial charge in [0.1, 0.15) is 11.4 Å². The third-order valence-electron chi connectivity index (χ3n) is 8.03. The average Bonchev–Trinajstić information content (AvgIpc) is 3.16. The Morgan fingerprint density at radius 1 is 1.10 bits per heavy atom. The van der Waals surface area contributed by atoms with Crippen LogP contribution in [0.5, 0.6) is 0 Å². The number of fused-ring (bicyclic) bond motifs is 1. The summed E-state index contributed by atoms with van der Waals surface area (Å²) >= 11 is 0. The van der Waals surface area contributed by atoms with Crippen LogP contribution in [-0.4, -0.2) is 32.9 Å². The number of rotatable bonds is 4. The predicted octanol–water partition coefficient (Wildman–Crippen LogP) is 3.67. The first-order valence-electron chi connectivity index (χ1n) is 11.4. The van der Waals surface area contributed by atoms with Crippen LogP contribution in [0.3, 0.4) is 0 Å². The van der Waals surface area contributed by atoms with Crippen LogP contribution < -0.4 is 10.6 Å². The van der Waals surface area contributed by atoms with Crippen LogP contribution in [0, 0.1) is 17.8 Å². The molecule has 0 unspecified atom stereocenters. The number of hydrogen-bond acceptors (Lipinski definition) is 4. The van der Waals surface area contributed by atoms with E-state index in [9.17, 15) is 9.90 Å². The number of carbonyl (C=O) groups excluding carboxylic acids is 1. The molecule has 6 nitrogen and oxygen atoms in total. The van der Waals surface area contributed by atoms with Crippen molar-refractivity contribution < 1.29 is 9.90 Å². The summed E-state index contributed by atoms with van der Waals surface area (Å²) in [6.07, 6.45) is 9.89. The number of aromatic nitrogens is 2. The van der Waals surface area contributed by atoms with Gasteiger partial charge in [-0.15, -0.1) is 0 Å². The van der Waals surface area contributed by atoms with Gasteiger partial charge in [0, 0.05) is 5.54 Å². The number of nitrogens with zero attached hydrogens (tertiary/aromatic N) is 2. The Kier molecular flexibility index (Phi) is 4.20. The number of aliphatic hydroxyl groups is 1. The maximum absolute atomic E-state index is 13.4. The third-order valence-corrected chi connectivity index (χ3v) is 8.03. The van der Waals surface area contributed by atoms with Crippen LogP contribution in [0.1, 0.15) is 73.0 Å². The highest BCUT2D eigenvalue weighted by Crippen LogP contribution is 2.55. The molecule has 0 spiro atoms. The van der Waals surface area contributed by atoms with Gasteiger partial charge in [-0.25, -0.2) is 4.68 Å². The largest absolute Gasteiger partial charge is 0.394 e. The highest BCUT2D eigenvalue weighted by atomic mass is 16.3. The molecule has 1 aromatic heterocycles. The molecular formula is C24H30N4O2. The molecule has 2 heterocycles. The molecule has 6 heteroatoms. The molecule has 0 radical (unpaired) electrons. The Hall–Kier alpha value is -2.34. The van der Waals surface area contributed by atoms with Gasteiger partial charge in [0.25, 0.3) is 5.91 Å². The molecule has 2 aromatic rings. The van der Waals surface area contributed by atoms with E-state index in [-0.39, 0.29) is 30.1 Å². The Morgan fingerprint density at radius 2 is 1.77 bits per heavy atom. The third kappa shape index (κ3) is 2.96. The second-order valence-electron chi connectivity index (χ2n) is 10.2. The van der Waals surface area contributed by atoms with Gasteiger partial charge in [-0.2, -0.15) is 5.10 Å². The number of carbonyl (C=O) groups is 1. The monoisotopic (exact) mass is 406 g/mol.